The molecule has 0 radical (unpaired) electrons. The zero-order chi connectivity index (χ0) is 13.7. The maximum absolute atomic E-state index is 12.0. The third-order valence-electron chi connectivity index (χ3n) is 2.64. The van der Waals surface area contributed by atoms with Crippen molar-refractivity contribution in [3.8, 4) is 0 Å². The molecule has 18 heavy (non-hydrogen) atoms. The fourth-order valence-corrected chi connectivity index (χ4v) is 1.81. The van der Waals surface area contributed by atoms with Gasteiger partial charge in [0.2, 0.25) is 11.8 Å². The molecule has 0 aliphatic carbocycles. The third-order valence-corrected chi connectivity index (χ3v) is 2.64. The fraction of sp³-hybridized carbons (Fsp3) is 0.750. The summed E-state index contributed by atoms with van der Waals surface area (Å²) in [6.07, 6.45) is 0.535. The van der Waals surface area contributed by atoms with Crippen molar-refractivity contribution >= 4 is 17.6 Å². The van der Waals surface area contributed by atoms with Crippen molar-refractivity contribution in [2.24, 2.45) is 5.92 Å². The van der Waals surface area contributed by atoms with E-state index in [2.05, 4.69) is 10.6 Å². The normalized spacial score (nSPS) is 20.9. The zero-order valence-electron chi connectivity index (χ0n) is 11.0. The lowest BCUT2D eigenvalue weighted by atomic mass is 10.0. The van der Waals surface area contributed by atoms with E-state index in [4.69, 9.17) is 4.74 Å². The van der Waals surface area contributed by atoms with Gasteiger partial charge in [0.15, 0.2) is 5.78 Å². The summed E-state index contributed by atoms with van der Waals surface area (Å²) >= 11 is 0. The first-order chi connectivity index (χ1) is 8.40. The van der Waals surface area contributed by atoms with Crippen LogP contribution < -0.4 is 10.6 Å². The molecular formula is C12H20N2O4. The summed E-state index contributed by atoms with van der Waals surface area (Å²) in [6.45, 7) is 5.54. The number of carbonyl (C=O) groups excluding carboxylic acids is 3. The Morgan fingerprint density at radius 1 is 1.44 bits per heavy atom. The number of rotatable bonds is 5. The highest BCUT2D eigenvalue weighted by molar-refractivity contribution is 5.93. The quantitative estimate of drug-likeness (QED) is 0.702. The molecule has 0 spiro atoms. The molecule has 6 heteroatoms. The molecule has 0 saturated carbocycles. The lowest BCUT2D eigenvalue weighted by molar-refractivity contribution is -0.130. The number of amides is 2. The van der Waals surface area contributed by atoms with Gasteiger partial charge in [0.25, 0.3) is 0 Å². The maximum atomic E-state index is 12.0. The van der Waals surface area contributed by atoms with Gasteiger partial charge in [-0.2, -0.15) is 0 Å². The summed E-state index contributed by atoms with van der Waals surface area (Å²) in [6, 6.07) is -1.18. The van der Waals surface area contributed by atoms with E-state index < -0.39 is 12.1 Å². The van der Waals surface area contributed by atoms with Crippen LogP contribution in [-0.2, 0) is 19.1 Å². The van der Waals surface area contributed by atoms with Crippen molar-refractivity contribution in [2.45, 2.75) is 39.3 Å². The number of carbonyl (C=O) groups is 3. The number of nitrogens with one attached hydrogen (secondary N) is 2. The van der Waals surface area contributed by atoms with Gasteiger partial charge in [-0.15, -0.1) is 0 Å². The summed E-state index contributed by atoms with van der Waals surface area (Å²) in [5, 5.41) is 5.21. The van der Waals surface area contributed by atoms with Gasteiger partial charge in [-0.3, -0.25) is 14.4 Å². The van der Waals surface area contributed by atoms with Crippen molar-refractivity contribution in [1.82, 2.24) is 10.6 Å². The van der Waals surface area contributed by atoms with E-state index in [0.29, 0.717) is 6.42 Å². The van der Waals surface area contributed by atoms with Crippen molar-refractivity contribution in [1.29, 1.82) is 0 Å². The highest BCUT2D eigenvalue weighted by atomic mass is 16.5. The molecule has 1 heterocycles. The van der Waals surface area contributed by atoms with Gasteiger partial charge in [0, 0.05) is 6.92 Å². The lowest BCUT2D eigenvalue weighted by Gasteiger charge is -2.20. The van der Waals surface area contributed by atoms with Gasteiger partial charge in [0.1, 0.15) is 18.7 Å². The van der Waals surface area contributed by atoms with Crippen LogP contribution in [0.25, 0.3) is 0 Å². The molecule has 0 aromatic rings. The Kier molecular flexibility index (Phi) is 5.27. The van der Waals surface area contributed by atoms with Crippen molar-refractivity contribution in [3.05, 3.63) is 0 Å². The Morgan fingerprint density at radius 2 is 2.11 bits per heavy atom. The first-order valence-electron chi connectivity index (χ1n) is 6.08. The molecule has 2 N–H and O–H groups in total. The molecule has 2 amide bonds. The molecule has 102 valence electrons. The SMILES string of the molecule is CC(=O)N[C@@H](CC(C)C)C(=O)N[C@H]1COCC1=O. The summed E-state index contributed by atoms with van der Waals surface area (Å²) in [7, 11) is 0. The van der Waals surface area contributed by atoms with Gasteiger partial charge in [0.05, 0.1) is 6.61 Å². The van der Waals surface area contributed by atoms with E-state index in [1.165, 1.54) is 6.92 Å². The van der Waals surface area contributed by atoms with E-state index in [9.17, 15) is 14.4 Å². The van der Waals surface area contributed by atoms with Crippen LogP contribution >= 0.6 is 0 Å². The summed E-state index contributed by atoms with van der Waals surface area (Å²) in [5.74, 6) is -0.454. The van der Waals surface area contributed by atoms with Crippen LogP contribution in [0.2, 0.25) is 0 Å². The predicted octanol–water partition coefficient (Wildman–Crippen LogP) is -0.379. The van der Waals surface area contributed by atoms with Crippen LogP contribution in [0.3, 0.4) is 0 Å². The highest BCUT2D eigenvalue weighted by Gasteiger charge is 2.30. The molecule has 0 aromatic carbocycles. The van der Waals surface area contributed by atoms with Gasteiger partial charge >= 0.3 is 0 Å². The molecule has 0 bridgehead atoms. The zero-order valence-corrected chi connectivity index (χ0v) is 11.0. The van der Waals surface area contributed by atoms with Crippen LogP contribution in [0.4, 0.5) is 0 Å². The molecule has 1 aliphatic rings. The Labute approximate surface area is 106 Å². The minimum Gasteiger partial charge on any atom is -0.371 e. The molecule has 0 unspecified atom stereocenters. The fourth-order valence-electron chi connectivity index (χ4n) is 1.81. The number of Topliss-reactive ketones (excluding diaryl/α,β-unsaturated/α-hetero) is 1. The van der Waals surface area contributed by atoms with Crippen molar-refractivity contribution in [2.75, 3.05) is 13.2 Å². The van der Waals surface area contributed by atoms with Crippen LogP contribution in [0.1, 0.15) is 27.2 Å². The molecule has 1 saturated heterocycles. The third kappa shape index (κ3) is 4.44. The van der Waals surface area contributed by atoms with Crippen LogP contribution in [0.5, 0.6) is 0 Å². The lowest BCUT2D eigenvalue weighted by Crippen LogP contribution is -2.51. The standard InChI is InChI=1S/C12H20N2O4/c1-7(2)4-9(13-8(3)15)12(17)14-10-5-18-6-11(10)16/h7,9-10H,4-6H2,1-3H3,(H,13,15)(H,14,17)/t9-,10-/m0/s1. The minimum atomic E-state index is -0.601. The van der Waals surface area contributed by atoms with E-state index in [0.717, 1.165) is 0 Å². The Hall–Kier alpha value is -1.43. The number of hydrogen-bond acceptors (Lipinski definition) is 4. The van der Waals surface area contributed by atoms with Crippen molar-refractivity contribution in [3.63, 3.8) is 0 Å². The summed E-state index contributed by atoms with van der Waals surface area (Å²) in [4.78, 5) is 34.4. The van der Waals surface area contributed by atoms with Crippen LogP contribution in [0, 0.1) is 5.92 Å². The Morgan fingerprint density at radius 3 is 2.56 bits per heavy atom. The first-order valence-corrected chi connectivity index (χ1v) is 6.08. The van der Waals surface area contributed by atoms with Crippen LogP contribution in [-0.4, -0.2) is 42.9 Å². The number of hydrogen-bond donors (Lipinski definition) is 2. The molecule has 2 atom stereocenters. The van der Waals surface area contributed by atoms with Crippen LogP contribution in [0.15, 0.2) is 0 Å². The summed E-state index contributed by atoms with van der Waals surface area (Å²) in [5.41, 5.74) is 0. The topological polar surface area (TPSA) is 84.5 Å². The van der Waals surface area contributed by atoms with Gasteiger partial charge in [-0.25, -0.2) is 0 Å². The summed E-state index contributed by atoms with van der Waals surface area (Å²) < 4.78 is 4.96. The van der Waals surface area contributed by atoms with E-state index in [-0.39, 0.29) is 36.7 Å². The first kappa shape index (κ1) is 14.6. The Balaban J connectivity index is 2.57. The molecule has 0 aromatic heterocycles. The van der Waals surface area contributed by atoms with Gasteiger partial charge < -0.3 is 15.4 Å². The molecule has 6 nitrogen and oxygen atoms in total. The van der Waals surface area contributed by atoms with E-state index in [1.54, 1.807) is 0 Å². The largest absolute Gasteiger partial charge is 0.371 e. The van der Waals surface area contributed by atoms with Gasteiger partial charge in [-0.1, -0.05) is 13.8 Å². The van der Waals surface area contributed by atoms with E-state index in [1.807, 2.05) is 13.8 Å². The second kappa shape index (κ2) is 6.49. The second-order valence-electron chi connectivity index (χ2n) is 4.93. The highest BCUT2D eigenvalue weighted by Crippen LogP contribution is 2.07. The number of ether oxygens (including phenoxy) is 1. The molecular weight excluding hydrogens is 236 g/mol. The van der Waals surface area contributed by atoms with E-state index >= 15 is 0 Å². The van der Waals surface area contributed by atoms with Gasteiger partial charge in [-0.05, 0) is 12.3 Å². The average molecular weight is 256 g/mol. The molecule has 1 aliphatic heterocycles. The number of ketones is 1. The predicted molar refractivity (Wildman–Crippen MR) is 64.8 cm³/mol. The Bertz CT molecular complexity index is 341. The minimum absolute atomic E-state index is 0.0416. The monoisotopic (exact) mass is 256 g/mol. The molecule has 1 fully saturated rings. The average Bonchev–Trinajstić information content (AvgIpc) is 2.62. The molecule has 1 rings (SSSR count). The smallest absolute Gasteiger partial charge is 0.243 e. The van der Waals surface area contributed by atoms with Crippen molar-refractivity contribution < 1.29 is 19.1 Å². The second-order valence-corrected chi connectivity index (χ2v) is 4.93. The maximum Gasteiger partial charge on any atom is 0.243 e.